The van der Waals surface area contributed by atoms with Crippen molar-refractivity contribution in [3.63, 3.8) is 0 Å². The van der Waals surface area contributed by atoms with Crippen LogP contribution in [-0.2, 0) is 12.1 Å². The van der Waals surface area contributed by atoms with Crippen molar-refractivity contribution in [3.8, 4) is 0 Å². The third kappa shape index (κ3) is 4.66. The molecule has 0 spiro atoms. The predicted molar refractivity (Wildman–Crippen MR) is 83.9 cm³/mol. The number of nitrogens with one attached hydrogen (secondary N) is 1. The summed E-state index contributed by atoms with van der Waals surface area (Å²) in [5.74, 6) is 0. The minimum atomic E-state index is -0.924. The van der Waals surface area contributed by atoms with Crippen LogP contribution in [0.25, 0.3) is 0 Å². The van der Waals surface area contributed by atoms with E-state index in [9.17, 15) is 9.90 Å². The van der Waals surface area contributed by atoms with Gasteiger partial charge in [-0.15, -0.1) is 0 Å². The average molecular weight is 363 g/mol. The second-order valence-corrected chi connectivity index (χ2v) is 5.40. The Balaban J connectivity index is 0.00000137. The summed E-state index contributed by atoms with van der Waals surface area (Å²) in [5, 5.41) is 13.0. The molecule has 0 amide bonds. The molecule has 0 aliphatic carbocycles. The van der Waals surface area contributed by atoms with Crippen molar-refractivity contribution in [2.45, 2.75) is 39.8 Å². The van der Waals surface area contributed by atoms with Gasteiger partial charge in [0.25, 0.3) is 0 Å². The summed E-state index contributed by atoms with van der Waals surface area (Å²) in [6, 6.07) is 3.70. The van der Waals surface area contributed by atoms with Crippen LogP contribution in [0.1, 0.15) is 49.2 Å². The molecule has 0 fully saturated rings. The van der Waals surface area contributed by atoms with E-state index >= 15 is 0 Å². The Bertz CT molecular complexity index is 398. The lowest BCUT2D eigenvalue weighted by Crippen LogP contribution is -2.19. The van der Waals surface area contributed by atoms with Gasteiger partial charge in [-0.25, -0.2) is 0 Å². The van der Waals surface area contributed by atoms with E-state index in [1.807, 2.05) is 27.0 Å². The molecule has 0 saturated carbocycles. The number of hydrogen-bond donors (Lipinski definition) is 2. The molecule has 0 saturated heterocycles. The van der Waals surface area contributed by atoms with Gasteiger partial charge in [0.2, 0.25) is 0 Å². The van der Waals surface area contributed by atoms with Crippen LogP contribution >= 0.6 is 22.6 Å². The second kappa shape index (κ2) is 7.86. The largest absolute Gasteiger partial charge is 0.386 e. The van der Waals surface area contributed by atoms with Crippen molar-refractivity contribution in [1.82, 2.24) is 5.32 Å². The average Bonchev–Trinajstić information content (AvgIpc) is 2.31. The van der Waals surface area contributed by atoms with Crippen LogP contribution in [0.5, 0.6) is 0 Å². The Labute approximate surface area is 123 Å². The maximum Gasteiger partial charge on any atom is 0.150 e. The smallest absolute Gasteiger partial charge is 0.150 e. The molecule has 18 heavy (non-hydrogen) atoms. The molecule has 0 aromatic heterocycles. The van der Waals surface area contributed by atoms with E-state index in [-0.39, 0.29) is 0 Å². The molecule has 1 rings (SSSR count). The molecule has 3 nitrogen and oxygen atoms in total. The van der Waals surface area contributed by atoms with E-state index < -0.39 is 5.60 Å². The van der Waals surface area contributed by atoms with Crippen LogP contribution in [0.4, 0.5) is 0 Å². The summed E-state index contributed by atoms with van der Waals surface area (Å²) in [5.41, 5.74) is 1.45. The maximum atomic E-state index is 11.0. The lowest BCUT2D eigenvalue weighted by atomic mass is 9.94. The van der Waals surface area contributed by atoms with Gasteiger partial charge in [0.1, 0.15) is 6.29 Å². The number of aldehydes is 1. The third-order valence-electron chi connectivity index (χ3n) is 2.38. The molecule has 0 radical (unpaired) electrons. The number of halogens is 1. The molecule has 102 valence electrons. The highest BCUT2D eigenvalue weighted by Gasteiger charge is 2.20. The number of aliphatic hydroxyl groups is 1. The molecule has 0 bridgehead atoms. The Morgan fingerprint density at radius 1 is 1.39 bits per heavy atom. The highest BCUT2D eigenvalue weighted by molar-refractivity contribution is 14.1. The van der Waals surface area contributed by atoms with Crippen molar-refractivity contribution >= 4 is 28.9 Å². The SMILES string of the molecule is CC.CNCc1cc(I)c(C(C)(C)O)cc1C=O. The first-order valence-corrected chi connectivity index (χ1v) is 7.13. The van der Waals surface area contributed by atoms with Gasteiger partial charge in [0, 0.05) is 15.7 Å². The molecule has 1 aromatic rings. The zero-order valence-corrected chi connectivity index (χ0v) is 13.8. The summed E-state index contributed by atoms with van der Waals surface area (Å²) in [6.07, 6.45) is 0.831. The topological polar surface area (TPSA) is 49.3 Å². The first-order chi connectivity index (χ1) is 8.40. The van der Waals surface area contributed by atoms with Crippen molar-refractivity contribution in [2.75, 3.05) is 7.05 Å². The predicted octanol–water partition coefficient (Wildman–Crippen LogP) is 3.08. The van der Waals surface area contributed by atoms with Crippen LogP contribution in [0.2, 0.25) is 0 Å². The van der Waals surface area contributed by atoms with Crippen molar-refractivity contribution in [1.29, 1.82) is 0 Å². The van der Waals surface area contributed by atoms with E-state index in [0.717, 1.165) is 21.0 Å². The summed E-state index contributed by atoms with van der Waals surface area (Å²) >= 11 is 2.18. The van der Waals surface area contributed by atoms with Crippen LogP contribution in [-0.4, -0.2) is 18.4 Å². The molecule has 0 heterocycles. The highest BCUT2D eigenvalue weighted by atomic mass is 127. The Kier molecular flexibility index (Phi) is 7.66. The minimum absolute atomic E-state index is 0.631. The van der Waals surface area contributed by atoms with Crippen LogP contribution in [0.3, 0.4) is 0 Å². The zero-order valence-electron chi connectivity index (χ0n) is 11.7. The standard InChI is InChI=1S/C12H16INO2.C2H6/c1-12(2,16)10-4-9(7-15)8(6-14-3)5-11(10)13;1-2/h4-5,7,14,16H,6H2,1-3H3;1-2H3. The third-order valence-corrected chi connectivity index (χ3v) is 3.27. The number of carbonyl (C=O) groups is 1. The molecule has 0 unspecified atom stereocenters. The highest BCUT2D eigenvalue weighted by Crippen LogP contribution is 2.27. The lowest BCUT2D eigenvalue weighted by molar-refractivity contribution is 0.0776. The van der Waals surface area contributed by atoms with Crippen molar-refractivity contribution in [2.24, 2.45) is 0 Å². The van der Waals surface area contributed by atoms with Gasteiger partial charge >= 0.3 is 0 Å². The molecular weight excluding hydrogens is 341 g/mol. The van der Waals surface area contributed by atoms with E-state index in [1.54, 1.807) is 19.9 Å². The zero-order chi connectivity index (χ0) is 14.3. The fourth-order valence-electron chi connectivity index (χ4n) is 1.55. The Morgan fingerprint density at radius 3 is 2.33 bits per heavy atom. The number of carbonyl (C=O) groups excluding carboxylic acids is 1. The minimum Gasteiger partial charge on any atom is -0.386 e. The molecule has 0 aliphatic rings. The van der Waals surface area contributed by atoms with Gasteiger partial charge in [-0.2, -0.15) is 0 Å². The van der Waals surface area contributed by atoms with E-state index in [0.29, 0.717) is 12.1 Å². The number of rotatable bonds is 4. The maximum absolute atomic E-state index is 11.0. The van der Waals surface area contributed by atoms with Crippen LogP contribution in [0, 0.1) is 3.57 Å². The van der Waals surface area contributed by atoms with Gasteiger partial charge in [0.05, 0.1) is 5.60 Å². The molecule has 0 atom stereocenters. The summed E-state index contributed by atoms with van der Waals surface area (Å²) < 4.78 is 0.973. The van der Waals surface area contributed by atoms with Gasteiger partial charge in [-0.05, 0) is 66.7 Å². The summed E-state index contributed by atoms with van der Waals surface area (Å²) in [7, 11) is 1.84. The fraction of sp³-hybridized carbons (Fsp3) is 0.500. The van der Waals surface area contributed by atoms with Crippen LogP contribution < -0.4 is 5.32 Å². The molecule has 0 aliphatic heterocycles. The van der Waals surface area contributed by atoms with Gasteiger partial charge in [-0.3, -0.25) is 4.79 Å². The monoisotopic (exact) mass is 363 g/mol. The fourth-order valence-corrected chi connectivity index (χ4v) is 2.74. The van der Waals surface area contributed by atoms with E-state index in [2.05, 4.69) is 27.9 Å². The van der Waals surface area contributed by atoms with Crippen molar-refractivity contribution < 1.29 is 9.90 Å². The first-order valence-electron chi connectivity index (χ1n) is 6.05. The van der Waals surface area contributed by atoms with Gasteiger partial charge in [0.15, 0.2) is 0 Å². The van der Waals surface area contributed by atoms with E-state index in [4.69, 9.17) is 0 Å². The van der Waals surface area contributed by atoms with E-state index in [1.165, 1.54) is 0 Å². The van der Waals surface area contributed by atoms with Crippen LogP contribution in [0.15, 0.2) is 12.1 Å². The second-order valence-electron chi connectivity index (χ2n) is 4.24. The quantitative estimate of drug-likeness (QED) is 0.639. The molecule has 1 aromatic carbocycles. The summed E-state index contributed by atoms with van der Waals surface area (Å²) in [6.45, 7) is 8.09. The first kappa shape index (κ1) is 17.5. The Hall–Kier alpha value is -0.460. The molecular formula is C14H22INO2. The van der Waals surface area contributed by atoms with Gasteiger partial charge in [-0.1, -0.05) is 13.8 Å². The lowest BCUT2D eigenvalue weighted by Gasteiger charge is -2.21. The molecule has 4 heteroatoms. The number of hydrogen-bond acceptors (Lipinski definition) is 3. The van der Waals surface area contributed by atoms with Crippen molar-refractivity contribution in [3.05, 3.63) is 32.4 Å². The van der Waals surface area contributed by atoms with Gasteiger partial charge < -0.3 is 10.4 Å². The normalized spacial score (nSPS) is 10.6. The molecule has 2 N–H and O–H groups in total. The Morgan fingerprint density at radius 2 is 1.94 bits per heavy atom. The number of benzene rings is 1. The summed E-state index contributed by atoms with van der Waals surface area (Å²) in [4.78, 5) is 11.0.